The van der Waals surface area contributed by atoms with Crippen molar-refractivity contribution in [2.45, 2.75) is 17.6 Å². The number of carbonyl (C=O) groups is 1. The van der Waals surface area contributed by atoms with Crippen molar-refractivity contribution in [2.24, 2.45) is 0 Å². The van der Waals surface area contributed by atoms with Gasteiger partial charge in [0.1, 0.15) is 0 Å². The van der Waals surface area contributed by atoms with E-state index in [1.54, 1.807) is 29.9 Å². The van der Waals surface area contributed by atoms with Crippen LogP contribution in [0.1, 0.15) is 12.5 Å². The first kappa shape index (κ1) is 16.4. The van der Waals surface area contributed by atoms with Crippen LogP contribution in [0.4, 0.5) is 5.69 Å². The number of hydrogen-bond acceptors (Lipinski definition) is 6. The van der Waals surface area contributed by atoms with E-state index < -0.39 is 0 Å². The number of fused-ring (bicyclic) bond motifs is 1. The van der Waals surface area contributed by atoms with Crippen molar-refractivity contribution in [3.8, 4) is 11.5 Å². The normalized spacial score (nSPS) is 15.7. The van der Waals surface area contributed by atoms with Crippen LogP contribution in [0, 0.1) is 0 Å². The van der Waals surface area contributed by atoms with E-state index in [2.05, 4.69) is 10.3 Å². The van der Waals surface area contributed by atoms with Crippen molar-refractivity contribution in [1.82, 2.24) is 9.55 Å². The van der Waals surface area contributed by atoms with E-state index >= 15 is 0 Å². The van der Waals surface area contributed by atoms with Crippen LogP contribution in [0.2, 0.25) is 0 Å². The largest absolute Gasteiger partial charge is 0.493 e. The van der Waals surface area contributed by atoms with Gasteiger partial charge < -0.3 is 14.8 Å². The molecule has 7 nitrogen and oxygen atoms in total. The van der Waals surface area contributed by atoms with Crippen LogP contribution < -0.4 is 20.3 Å². The minimum atomic E-state index is -0.189. The van der Waals surface area contributed by atoms with Crippen molar-refractivity contribution in [1.29, 1.82) is 0 Å². The van der Waals surface area contributed by atoms with Gasteiger partial charge in [-0.25, -0.2) is 4.98 Å². The first-order valence-electron chi connectivity index (χ1n) is 7.34. The van der Waals surface area contributed by atoms with Gasteiger partial charge in [0.05, 0.1) is 20.3 Å². The first-order chi connectivity index (χ1) is 11.6. The highest BCUT2D eigenvalue weighted by atomic mass is 32.2. The molecule has 0 spiro atoms. The van der Waals surface area contributed by atoms with Gasteiger partial charge in [-0.15, -0.1) is 0 Å². The minimum Gasteiger partial charge on any atom is -0.493 e. The van der Waals surface area contributed by atoms with Crippen LogP contribution in [-0.4, -0.2) is 35.4 Å². The number of methoxy groups -OCH3 is 2. The SMILES string of the molecule is COc1ccc(NC(=O)C[C@H]2CSc3nccc(=O)n32)cc1OC. The molecule has 126 valence electrons. The monoisotopic (exact) mass is 347 g/mol. The van der Waals surface area contributed by atoms with E-state index in [1.807, 2.05) is 0 Å². The lowest BCUT2D eigenvalue weighted by atomic mass is 10.2. The summed E-state index contributed by atoms with van der Waals surface area (Å²) < 4.78 is 12.0. The second kappa shape index (κ2) is 6.96. The molecule has 0 saturated heterocycles. The van der Waals surface area contributed by atoms with Gasteiger partial charge in [0.2, 0.25) is 5.91 Å². The van der Waals surface area contributed by atoms with Crippen molar-refractivity contribution in [3.63, 3.8) is 0 Å². The fourth-order valence-corrected chi connectivity index (χ4v) is 3.70. The molecule has 1 N–H and O–H groups in total. The summed E-state index contributed by atoms with van der Waals surface area (Å²) in [7, 11) is 3.09. The molecule has 2 heterocycles. The quantitative estimate of drug-likeness (QED) is 0.833. The zero-order valence-electron chi connectivity index (χ0n) is 13.3. The molecule has 1 amide bonds. The molecule has 8 heteroatoms. The highest BCUT2D eigenvalue weighted by molar-refractivity contribution is 7.99. The maximum atomic E-state index is 12.3. The third kappa shape index (κ3) is 3.23. The number of ether oxygens (including phenoxy) is 2. The van der Waals surface area contributed by atoms with Crippen LogP contribution in [-0.2, 0) is 4.79 Å². The summed E-state index contributed by atoms with van der Waals surface area (Å²) in [5.41, 5.74) is 0.482. The molecule has 0 bridgehead atoms. The number of aromatic nitrogens is 2. The smallest absolute Gasteiger partial charge is 0.254 e. The Hall–Kier alpha value is -2.48. The molecule has 2 aromatic rings. The molecule has 0 fully saturated rings. The molecule has 1 atom stereocenters. The number of benzene rings is 1. The summed E-state index contributed by atoms with van der Waals surface area (Å²) in [5, 5.41) is 3.48. The van der Waals surface area contributed by atoms with Crippen LogP contribution in [0.3, 0.4) is 0 Å². The van der Waals surface area contributed by atoms with Gasteiger partial charge in [0, 0.05) is 36.2 Å². The third-order valence-corrected chi connectivity index (χ3v) is 4.82. The Labute approximate surface area is 143 Å². The van der Waals surface area contributed by atoms with E-state index in [-0.39, 0.29) is 23.9 Å². The molecule has 0 unspecified atom stereocenters. The summed E-state index contributed by atoms with van der Waals surface area (Å²) in [6.07, 6.45) is 1.70. The molecule has 3 rings (SSSR count). The van der Waals surface area contributed by atoms with Crippen molar-refractivity contribution >= 4 is 23.4 Å². The average Bonchev–Trinajstić information content (AvgIpc) is 2.99. The third-order valence-electron chi connectivity index (χ3n) is 3.70. The summed E-state index contributed by atoms with van der Waals surface area (Å²) in [4.78, 5) is 28.4. The maximum Gasteiger partial charge on any atom is 0.254 e. The van der Waals surface area contributed by atoms with Gasteiger partial charge in [-0.2, -0.15) is 0 Å². The summed E-state index contributed by atoms with van der Waals surface area (Å²) in [6.45, 7) is 0. The molecule has 0 saturated carbocycles. The summed E-state index contributed by atoms with van der Waals surface area (Å²) >= 11 is 1.48. The topological polar surface area (TPSA) is 82.5 Å². The lowest BCUT2D eigenvalue weighted by molar-refractivity contribution is -0.116. The van der Waals surface area contributed by atoms with E-state index in [0.717, 1.165) is 0 Å². The molecular weight excluding hydrogens is 330 g/mol. The number of carbonyl (C=O) groups excluding carboxylic acids is 1. The number of rotatable bonds is 5. The zero-order valence-corrected chi connectivity index (χ0v) is 14.1. The number of nitrogens with one attached hydrogen (secondary N) is 1. The lowest BCUT2D eigenvalue weighted by Gasteiger charge is -2.14. The van der Waals surface area contributed by atoms with Crippen molar-refractivity contribution < 1.29 is 14.3 Å². The molecule has 0 radical (unpaired) electrons. The Morgan fingerprint density at radius 3 is 2.88 bits per heavy atom. The zero-order chi connectivity index (χ0) is 17.1. The Balaban J connectivity index is 1.71. The Morgan fingerprint density at radius 2 is 2.12 bits per heavy atom. The second-order valence-corrected chi connectivity index (χ2v) is 6.21. The molecule has 1 aromatic heterocycles. The van der Waals surface area contributed by atoms with Crippen LogP contribution >= 0.6 is 11.8 Å². The van der Waals surface area contributed by atoms with Gasteiger partial charge in [0.15, 0.2) is 16.7 Å². The number of thioether (sulfide) groups is 1. The van der Waals surface area contributed by atoms with Crippen molar-refractivity contribution in [2.75, 3.05) is 25.3 Å². The van der Waals surface area contributed by atoms with E-state index in [0.29, 0.717) is 28.1 Å². The number of hydrogen-bond donors (Lipinski definition) is 1. The van der Waals surface area contributed by atoms with Gasteiger partial charge in [-0.3, -0.25) is 14.2 Å². The Morgan fingerprint density at radius 1 is 1.33 bits per heavy atom. The summed E-state index contributed by atoms with van der Waals surface area (Å²) in [5.74, 6) is 1.62. The fraction of sp³-hybridized carbons (Fsp3) is 0.312. The standard InChI is InChI=1S/C16H17N3O4S/c1-22-12-4-3-10(7-13(12)23-2)18-14(20)8-11-9-24-16-17-6-5-15(21)19(11)16/h3-7,11H,8-9H2,1-2H3,(H,18,20)/t11-/m0/s1. The molecule has 1 aromatic carbocycles. The van der Waals surface area contributed by atoms with E-state index in [4.69, 9.17) is 9.47 Å². The Kier molecular flexibility index (Phi) is 4.75. The second-order valence-electron chi connectivity index (χ2n) is 5.22. The molecular formula is C16H17N3O4S. The van der Waals surface area contributed by atoms with Gasteiger partial charge in [0.25, 0.3) is 5.56 Å². The van der Waals surface area contributed by atoms with E-state index in [9.17, 15) is 9.59 Å². The van der Waals surface area contributed by atoms with Gasteiger partial charge in [-0.05, 0) is 12.1 Å². The number of anilines is 1. The minimum absolute atomic E-state index is 0.131. The first-order valence-corrected chi connectivity index (χ1v) is 8.33. The average molecular weight is 347 g/mol. The predicted octanol–water partition coefficient (Wildman–Crippen LogP) is 1.94. The maximum absolute atomic E-state index is 12.3. The van der Waals surface area contributed by atoms with E-state index in [1.165, 1.54) is 31.1 Å². The fourth-order valence-electron chi connectivity index (χ4n) is 2.58. The molecule has 1 aliphatic rings. The van der Waals surface area contributed by atoms with Crippen LogP contribution in [0.5, 0.6) is 11.5 Å². The lowest BCUT2D eigenvalue weighted by Crippen LogP contribution is -2.26. The number of amides is 1. The van der Waals surface area contributed by atoms with Gasteiger partial charge in [-0.1, -0.05) is 11.8 Å². The van der Waals surface area contributed by atoms with Gasteiger partial charge >= 0.3 is 0 Å². The highest BCUT2D eigenvalue weighted by Gasteiger charge is 2.26. The molecule has 0 aliphatic carbocycles. The Bertz CT molecular complexity index is 821. The van der Waals surface area contributed by atoms with Crippen LogP contribution in [0.25, 0.3) is 0 Å². The van der Waals surface area contributed by atoms with Crippen molar-refractivity contribution in [3.05, 3.63) is 40.8 Å². The molecule has 24 heavy (non-hydrogen) atoms. The van der Waals surface area contributed by atoms with Crippen LogP contribution in [0.15, 0.2) is 40.4 Å². The molecule has 1 aliphatic heterocycles. The summed E-state index contributed by atoms with van der Waals surface area (Å²) in [6, 6.07) is 6.39. The number of nitrogens with zero attached hydrogens (tertiary/aromatic N) is 2. The predicted molar refractivity (Wildman–Crippen MR) is 91.1 cm³/mol. The highest BCUT2D eigenvalue weighted by Crippen LogP contribution is 2.32.